The number of hydrogen-bond donors (Lipinski definition) is 1. The molecule has 0 saturated carbocycles. The van der Waals surface area contributed by atoms with Gasteiger partial charge in [0.15, 0.2) is 0 Å². The van der Waals surface area contributed by atoms with E-state index in [9.17, 15) is 14.0 Å². The molecule has 0 aromatic heterocycles. The average molecular weight is 329 g/mol. The summed E-state index contributed by atoms with van der Waals surface area (Å²) in [5.74, 6) is -0.574. The van der Waals surface area contributed by atoms with Crippen LogP contribution in [0.15, 0.2) is 18.2 Å². The number of primary amides is 1. The summed E-state index contributed by atoms with van der Waals surface area (Å²) in [4.78, 5) is 24.8. The van der Waals surface area contributed by atoms with Crippen LogP contribution in [0.4, 0.5) is 4.39 Å². The Morgan fingerprint density at radius 3 is 2.64 bits per heavy atom. The highest BCUT2D eigenvalue weighted by Crippen LogP contribution is 2.25. The van der Waals surface area contributed by atoms with Gasteiger partial charge in [-0.1, -0.05) is 11.6 Å². The zero-order valence-corrected chi connectivity index (χ0v) is 12.8. The van der Waals surface area contributed by atoms with Crippen LogP contribution in [0.5, 0.6) is 5.75 Å². The van der Waals surface area contributed by atoms with Crippen molar-refractivity contribution in [3.63, 3.8) is 0 Å². The topological polar surface area (TPSA) is 72.6 Å². The van der Waals surface area contributed by atoms with Crippen LogP contribution in [0.3, 0.4) is 0 Å². The molecule has 7 heteroatoms. The minimum atomic E-state index is -0.439. The Hall–Kier alpha value is -1.82. The minimum absolute atomic E-state index is 0.0406. The first kappa shape index (κ1) is 16.5. The third-order valence-corrected chi connectivity index (χ3v) is 4.01. The molecular weight excluding hydrogens is 311 g/mol. The molecule has 22 heavy (non-hydrogen) atoms. The lowest BCUT2D eigenvalue weighted by Crippen LogP contribution is -2.42. The van der Waals surface area contributed by atoms with E-state index in [2.05, 4.69) is 0 Å². The molecule has 0 atom stereocenters. The van der Waals surface area contributed by atoms with Crippen molar-refractivity contribution in [1.29, 1.82) is 0 Å². The zero-order valence-electron chi connectivity index (χ0n) is 12.1. The molecule has 1 aliphatic rings. The normalized spacial score (nSPS) is 15.6. The number of piperidine rings is 1. The smallest absolute Gasteiger partial charge is 0.225 e. The van der Waals surface area contributed by atoms with Crippen LogP contribution < -0.4 is 10.5 Å². The van der Waals surface area contributed by atoms with Crippen molar-refractivity contribution in [2.45, 2.75) is 19.3 Å². The number of hydrogen-bond acceptors (Lipinski definition) is 3. The van der Waals surface area contributed by atoms with Crippen LogP contribution in [0.2, 0.25) is 5.02 Å². The first-order valence-electron chi connectivity index (χ1n) is 7.12. The number of nitrogens with two attached hydrogens (primary N) is 1. The van der Waals surface area contributed by atoms with E-state index in [1.165, 1.54) is 12.1 Å². The molecule has 2 N–H and O–H groups in total. The van der Waals surface area contributed by atoms with Gasteiger partial charge in [0, 0.05) is 19.0 Å². The Kier molecular flexibility index (Phi) is 5.60. The number of rotatable bonds is 5. The van der Waals surface area contributed by atoms with Crippen molar-refractivity contribution >= 4 is 23.4 Å². The zero-order chi connectivity index (χ0) is 16.1. The van der Waals surface area contributed by atoms with Crippen molar-refractivity contribution in [1.82, 2.24) is 4.90 Å². The quantitative estimate of drug-likeness (QED) is 0.898. The molecule has 0 bridgehead atoms. The van der Waals surface area contributed by atoms with E-state index >= 15 is 0 Å². The predicted octanol–water partition coefficient (Wildman–Crippen LogP) is 1.97. The van der Waals surface area contributed by atoms with Crippen LogP contribution in [0.1, 0.15) is 19.3 Å². The van der Waals surface area contributed by atoms with Gasteiger partial charge in [0.1, 0.15) is 11.6 Å². The summed E-state index contributed by atoms with van der Waals surface area (Å²) in [6.45, 7) is 1.23. The average Bonchev–Trinajstić information content (AvgIpc) is 2.49. The van der Waals surface area contributed by atoms with E-state index < -0.39 is 5.82 Å². The molecule has 0 spiro atoms. The van der Waals surface area contributed by atoms with E-state index in [-0.39, 0.29) is 35.8 Å². The second-order valence-corrected chi connectivity index (χ2v) is 5.64. The molecule has 2 amide bonds. The molecule has 0 unspecified atom stereocenters. The summed E-state index contributed by atoms with van der Waals surface area (Å²) in [5.41, 5.74) is 5.26. The number of ether oxygens (including phenoxy) is 1. The van der Waals surface area contributed by atoms with Gasteiger partial charge in [-0.15, -0.1) is 0 Å². The summed E-state index contributed by atoms with van der Waals surface area (Å²) < 4.78 is 18.3. The van der Waals surface area contributed by atoms with Crippen molar-refractivity contribution in [3.05, 3.63) is 29.0 Å². The Balaban J connectivity index is 1.75. The highest BCUT2D eigenvalue weighted by Gasteiger charge is 2.25. The lowest BCUT2D eigenvalue weighted by molar-refractivity contribution is -0.135. The molecular formula is C15H18ClFN2O3. The van der Waals surface area contributed by atoms with Crippen LogP contribution >= 0.6 is 11.6 Å². The number of likely N-dealkylation sites (tertiary alicyclic amines) is 1. The SMILES string of the molecule is NC(=O)C1CCN(C(=O)CCOc2ccc(F)cc2Cl)CC1. The van der Waals surface area contributed by atoms with Crippen molar-refractivity contribution < 1.29 is 18.7 Å². The highest BCUT2D eigenvalue weighted by atomic mass is 35.5. The molecule has 1 aromatic carbocycles. The second-order valence-electron chi connectivity index (χ2n) is 5.23. The van der Waals surface area contributed by atoms with Gasteiger partial charge >= 0.3 is 0 Å². The van der Waals surface area contributed by atoms with Gasteiger partial charge in [0.05, 0.1) is 18.1 Å². The Bertz CT molecular complexity index is 560. The fourth-order valence-corrected chi connectivity index (χ4v) is 2.63. The Morgan fingerprint density at radius 2 is 2.05 bits per heavy atom. The van der Waals surface area contributed by atoms with E-state index in [0.29, 0.717) is 31.7 Å². The number of halogens is 2. The molecule has 120 valence electrons. The molecule has 1 aliphatic heterocycles. The first-order valence-corrected chi connectivity index (χ1v) is 7.50. The van der Waals surface area contributed by atoms with Crippen molar-refractivity contribution in [3.8, 4) is 5.75 Å². The summed E-state index contributed by atoms with van der Waals surface area (Å²) in [5, 5.41) is 0.176. The molecule has 5 nitrogen and oxygen atoms in total. The fourth-order valence-electron chi connectivity index (χ4n) is 2.41. The third-order valence-electron chi connectivity index (χ3n) is 3.72. The molecule has 0 radical (unpaired) electrons. The highest BCUT2D eigenvalue weighted by molar-refractivity contribution is 6.32. The molecule has 1 fully saturated rings. The van der Waals surface area contributed by atoms with Gasteiger partial charge in [-0.25, -0.2) is 4.39 Å². The summed E-state index contributed by atoms with van der Waals surface area (Å²) >= 11 is 5.84. The second kappa shape index (κ2) is 7.45. The van der Waals surface area contributed by atoms with Crippen LogP contribution in [0.25, 0.3) is 0 Å². The predicted molar refractivity (Wildman–Crippen MR) is 80.0 cm³/mol. The number of amides is 2. The number of carbonyl (C=O) groups excluding carboxylic acids is 2. The van der Waals surface area contributed by atoms with E-state index in [4.69, 9.17) is 22.1 Å². The standard InChI is InChI=1S/C15H18ClFN2O3/c16-12-9-11(17)1-2-13(12)22-8-5-14(20)19-6-3-10(4-7-19)15(18)21/h1-2,9-10H,3-8H2,(H2,18,21). The van der Waals surface area contributed by atoms with Crippen LogP contribution in [-0.2, 0) is 9.59 Å². The molecule has 1 heterocycles. The number of carbonyl (C=O) groups is 2. The minimum Gasteiger partial charge on any atom is -0.491 e. The molecule has 2 rings (SSSR count). The van der Waals surface area contributed by atoms with Crippen molar-refractivity contribution in [2.75, 3.05) is 19.7 Å². The van der Waals surface area contributed by atoms with Crippen molar-refractivity contribution in [2.24, 2.45) is 11.7 Å². The maximum Gasteiger partial charge on any atom is 0.225 e. The van der Waals surface area contributed by atoms with E-state index in [1.807, 2.05) is 0 Å². The largest absolute Gasteiger partial charge is 0.491 e. The maximum atomic E-state index is 12.9. The molecule has 1 aromatic rings. The van der Waals surface area contributed by atoms with E-state index in [1.54, 1.807) is 4.90 Å². The van der Waals surface area contributed by atoms with Gasteiger partial charge in [0.25, 0.3) is 0 Å². The third kappa shape index (κ3) is 4.34. The number of benzene rings is 1. The van der Waals surface area contributed by atoms with Gasteiger partial charge in [-0.3, -0.25) is 9.59 Å². The van der Waals surface area contributed by atoms with Gasteiger partial charge < -0.3 is 15.4 Å². The van der Waals surface area contributed by atoms with Gasteiger partial charge in [-0.05, 0) is 31.0 Å². The molecule has 0 aliphatic carbocycles. The summed E-state index contributed by atoms with van der Waals surface area (Å²) in [7, 11) is 0. The maximum absolute atomic E-state index is 12.9. The van der Waals surface area contributed by atoms with Crippen LogP contribution in [-0.4, -0.2) is 36.4 Å². The Morgan fingerprint density at radius 1 is 1.36 bits per heavy atom. The van der Waals surface area contributed by atoms with Gasteiger partial charge in [0.2, 0.25) is 11.8 Å². The van der Waals surface area contributed by atoms with E-state index in [0.717, 1.165) is 6.07 Å². The lowest BCUT2D eigenvalue weighted by Gasteiger charge is -2.30. The first-order chi connectivity index (χ1) is 10.5. The van der Waals surface area contributed by atoms with Gasteiger partial charge in [-0.2, -0.15) is 0 Å². The fraction of sp³-hybridized carbons (Fsp3) is 0.467. The monoisotopic (exact) mass is 328 g/mol. The summed E-state index contributed by atoms with van der Waals surface area (Å²) in [6.07, 6.45) is 1.41. The lowest BCUT2D eigenvalue weighted by atomic mass is 9.96. The Labute approximate surface area is 133 Å². The summed E-state index contributed by atoms with van der Waals surface area (Å²) in [6, 6.07) is 3.84. The molecule has 1 saturated heterocycles. The number of nitrogens with zero attached hydrogens (tertiary/aromatic N) is 1. The van der Waals surface area contributed by atoms with Crippen LogP contribution in [0, 0.1) is 11.7 Å².